The second-order valence-corrected chi connectivity index (χ2v) is 4.17. The molecule has 4 heteroatoms. The quantitative estimate of drug-likeness (QED) is 0.256. The van der Waals surface area contributed by atoms with E-state index < -0.39 is 0 Å². The zero-order chi connectivity index (χ0) is 29.4. The van der Waals surface area contributed by atoms with Crippen molar-refractivity contribution in [1.82, 2.24) is 0 Å². The van der Waals surface area contributed by atoms with E-state index in [2.05, 4.69) is 36.8 Å². The van der Waals surface area contributed by atoms with Gasteiger partial charge in [-0.25, -0.2) is 0 Å². The van der Waals surface area contributed by atoms with Crippen LogP contribution in [0.25, 0.3) is 0 Å². The predicted octanol–water partition coefficient (Wildman–Crippen LogP) is 7.85. The largest absolute Gasteiger partial charge is 0.333 e. The van der Waals surface area contributed by atoms with Crippen LogP contribution in [0.4, 0.5) is 0 Å². The van der Waals surface area contributed by atoms with Crippen LogP contribution in [0.1, 0.15) is 61.8 Å². The third-order valence-corrected chi connectivity index (χ3v) is 2.00. The van der Waals surface area contributed by atoms with Crippen LogP contribution in [0, 0.1) is 0 Å². The molecule has 208 valence electrons. The third kappa shape index (κ3) is 114. The van der Waals surface area contributed by atoms with Crippen molar-refractivity contribution in [1.29, 1.82) is 0 Å². The molecular formula is C31H64N4. The van der Waals surface area contributed by atoms with Crippen molar-refractivity contribution >= 4 is 0 Å². The summed E-state index contributed by atoms with van der Waals surface area (Å²) >= 11 is 0. The summed E-state index contributed by atoms with van der Waals surface area (Å²) < 4.78 is 0. The summed E-state index contributed by atoms with van der Waals surface area (Å²) in [4.78, 5) is 0. The van der Waals surface area contributed by atoms with E-state index in [0.29, 0.717) is 0 Å². The molecule has 3 aromatic carbocycles. The molecule has 0 aromatic heterocycles. The Morgan fingerprint density at radius 2 is 0.286 bits per heavy atom. The van der Waals surface area contributed by atoms with Crippen LogP contribution in [0.5, 0.6) is 0 Å². The first kappa shape index (κ1) is 53.7. The summed E-state index contributed by atoms with van der Waals surface area (Å²) in [5.41, 5.74) is 18.0. The van der Waals surface area contributed by atoms with Gasteiger partial charge in [-0.05, 0) is 28.2 Å². The SMILES string of the molecule is CC.CC.CC.CCC.CN.CN.CN.CN.c1ccccc1.c1ccccc1.c1ccccc1. The lowest BCUT2D eigenvalue weighted by atomic mass is 10.4. The first-order chi connectivity index (χ1) is 17.4. The van der Waals surface area contributed by atoms with Gasteiger partial charge in [-0.1, -0.05) is 171 Å². The fourth-order valence-electron chi connectivity index (χ4n) is 1.15. The Labute approximate surface area is 222 Å². The number of hydrogen-bond acceptors (Lipinski definition) is 4. The van der Waals surface area contributed by atoms with E-state index in [1.165, 1.54) is 34.6 Å². The van der Waals surface area contributed by atoms with Gasteiger partial charge in [0.05, 0.1) is 0 Å². The van der Waals surface area contributed by atoms with E-state index in [9.17, 15) is 0 Å². The standard InChI is InChI=1S/3C6H6.C3H8.3C2H6.4CH5N/c3*1-2-4-6-5-3-1;1-3-2;7*1-2/h3*1-6H;3H2,1-2H3;3*1-2H3;4*2H2,1H3. The molecule has 0 saturated carbocycles. The smallest absolute Gasteiger partial charge is 0.0195 e. The molecule has 3 rings (SSSR count). The van der Waals surface area contributed by atoms with Crippen molar-refractivity contribution < 1.29 is 0 Å². The summed E-state index contributed by atoms with van der Waals surface area (Å²) in [7, 11) is 6.00. The number of hydrogen-bond donors (Lipinski definition) is 4. The maximum Gasteiger partial charge on any atom is -0.0195 e. The van der Waals surface area contributed by atoms with E-state index >= 15 is 0 Å². The van der Waals surface area contributed by atoms with Crippen molar-refractivity contribution in [2.75, 3.05) is 28.2 Å². The molecule has 0 bridgehead atoms. The van der Waals surface area contributed by atoms with Crippen LogP contribution in [0.15, 0.2) is 109 Å². The molecule has 0 aliphatic rings. The highest BCUT2D eigenvalue weighted by molar-refractivity contribution is 5.00. The molecule has 0 spiro atoms. The van der Waals surface area contributed by atoms with Crippen LogP contribution < -0.4 is 22.9 Å². The van der Waals surface area contributed by atoms with Gasteiger partial charge in [-0.3, -0.25) is 0 Å². The van der Waals surface area contributed by atoms with E-state index in [4.69, 9.17) is 0 Å². The number of nitrogens with two attached hydrogens (primary N) is 4. The summed E-state index contributed by atoms with van der Waals surface area (Å²) in [6, 6.07) is 36.0. The normalized spacial score (nSPS) is 5.83. The van der Waals surface area contributed by atoms with E-state index in [1.54, 1.807) is 0 Å². The first-order valence-corrected chi connectivity index (χ1v) is 12.7. The molecule has 0 radical (unpaired) electrons. The van der Waals surface area contributed by atoms with Gasteiger partial charge in [0.1, 0.15) is 0 Å². The minimum atomic E-state index is 1.25. The fraction of sp³-hybridized carbons (Fsp3) is 0.419. The van der Waals surface area contributed by atoms with E-state index in [1.807, 2.05) is 151 Å². The van der Waals surface area contributed by atoms with Gasteiger partial charge in [0.15, 0.2) is 0 Å². The van der Waals surface area contributed by atoms with Gasteiger partial charge in [0.2, 0.25) is 0 Å². The molecule has 0 atom stereocenters. The third-order valence-electron chi connectivity index (χ3n) is 2.00. The molecule has 8 N–H and O–H groups in total. The summed E-state index contributed by atoms with van der Waals surface area (Å²) in [5, 5.41) is 0. The maximum atomic E-state index is 4.50. The highest BCUT2D eigenvalue weighted by Gasteiger charge is 1.59. The zero-order valence-electron chi connectivity index (χ0n) is 25.4. The Morgan fingerprint density at radius 3 is 0.314 bits per heavy atom. The molecule has 35 heavy (non-hydrogen) atoms. The molecular weight excluding hydrogens is 428 g/mol. The topological polar surface area (TPSA) is 104 Å². The molecule has 4 nitrogen and oxygen atoms in total. The highest BCUT2D eigenvalue weighted by Crippen LogP contribution is 1.81. The molecule has 3 aromatic rings. The molecule has 0 amide bonds. The second kappa shape index (κ2) is 108. The summed E-state index contributed by atoms with van der Waals surface area (Å²) in [5.74, 6) is 0. The van der Waals surface area contributed by atoms with Crippen LogP contribution >= 0.6 is 0 Å². The molecule has 0 aliphatic heterocycles. The molecule has 0 saturated heterocycles. The molecule has 0 unspecified atom stereocenters. The first-order valence-electron chi connectivity index (χ1n) is 12.7. The van der Waals surface area contributed by atoms with Gasteiger partial charge in [0.25, 0.3) is 0 Å². The van der Waals surface area contributed by atoms with E-state index in [0.717, 1.165) is 0 Å². The Morgan fingerprint density at radius 1 is 0.257 bits per heavy atom. The van der Waals surface area contributed by atoms with Crippen molar-refractivity contribution in [3.05, 3.63) is 109 Å². The summed E-state index contributed by atoms with van der Waals surface area (Å²) in [6.07, 6.45) is 1.25. The van der Waals surface area contributed by atoms with Gasteiger partial charge < -0.3 is 22.9 Å². The van der Waals surface area contributed by atoms with Crippen molar-refractivity contribution in [2.45, 2.75) is 61.8 Å². The van der Waals surface area contributed by atoms with Crippen LogP contribution in [-0.4, -0.2) is 28.2 Å². The highest BCUT2D eigenvalue weighted by atomic mass is 14.4. The maximum absolute atomic E-state index is 4.50. The molecule has 0 aliphatic carbocycles. The van der Waals surface area contributed by atoms with Crippen LogP contribution in [0.2, 0.25) is 0 Å². The number of rotatable bonds is 0. The lowest BCUT2D eigenvalue weighted by Crippen LogP contribution is -1.69. The van der Waals surface area contributed by atoms with E-state index in [-0.39, 0.29) is 0 Å². The minimum absolute atomic E-state index is 1.25. The Kier molecular flexibility index (Phi) is 165. The average molecular weight is 493 g/mol. The average Bonchev–Trinajstić information content (AvgIpc) is 3.04. The predicted molar refractivity (Wildman–Crippen MR) is 170 cm³/mol. The summed E-state index contributed by atoms with van der Waals surface area (Å²) in [6.45, 7) is 16.2. The van der Waals surface area contributed by atoms with Crippen molar-refractivity contribution in [3.8, 4) is 0 Å². The lowest BCUT2D eigenvalue weighted by Gasteiger charge is -1.69. The van der Waals surface area contributed by atoms with Crippen LogP contribution in [0.3, 0.4) is 0 Å². The molecule has 0 heterocycles. The van der Waals surface area contributed by atoms with Gasteiger partial charge in [-0.2, -0.15) is 0 Å². The Hall–Kier alpha value is -2.50. The fourth-order valence-corrected chi connectivity index (χ4v) is 1.15. The van der Waals surface area contributed by atoms with Crippen LogP contribution in [-0.2, 0) is 0 Å². The molecule has 0 fully saturated rings. The monoisotopic (exact) mass is 493 g/mol. The van der Waals surface area contributed by atoms with Crippen molar-refractivity contribution in [3.63, 3.8) is 0 Å². The number of benzene rings is 3. The second-order valence-electron chi connectivity index (χ2n) is 4.17. The lowest BCUT2D eigenvalue weighted by molar-refractivity contribution is 1.09. The Balaban J connectivity index is -0.0000000403. The Bertz CT molecular complexity index is 323. The minimum Gasteiger partial charge on any atom is -0.333 e. The van der Waals surface area contributed by atoms with Crippen molar-refractivity contribution in [2.24, 2.45) is 22.9 Å². The van der Waals surface area contributed by atoms with Gasteiger partial charge in [0, 0.05) is 0 Å². The van der Waals surface area contributed by atoms with Gasteiger partial charge >= 0.3 is 0 Å². The van der Waals surface area contributed by atoms with Gasteiger partial charge in [-0.15, -0.1) is 0 Å². The zero-order valence-corrected chi connectivity index (χ0v) is 25.4.